The van der Waals surface area contributed by atoms with Gasteiger partial charge in [-0.05, 0) is 12.8 Å². The first-order valence-electron chi connectivity index (χ1n) is 7.13. The lowest BCUT2D eigenvalue weighted by Crippen LogP contribution is -2.53. The average Bonchev–Trinajstić information content (AvgIpc) is 3.00. The molecule has 0 aliphatic carbocycles. The van der Waals surface area contributed by atoms with Gasteiger partial charge in [0, 0.05) is 51.7 Å². The van der Waals surface area contributed by atoms with E-state index in [9.17, 15) is 9.59 Å². The summed E-state index contributed by atoms with van der Waals surface area (Å²) >= 11 is 0. The summed E-state index contributed by atoms with van der Waals surface area (Å²) in [6.45, 7) is 3.19. The molecule has 0 unspecified atom stereocenters. The van der Waals surface area contributed by atoms with Crippen molar-refractivity contribution in [2.45, 2.75) is 19.4 Å². The number of nitrogens with zero attached hydrogens (tertiary/aromatic N) is 4. The van der Waals surface area contributed by atoms with Gasteiger partial charge in [-0.15, -0.1) is 0 Å². The molecule has 8 nitrogen and oxygen atoms in total. The van der Waals surface area contributed by atoms with Crippen molar-refractivity contribution in [3.8, 4) is 0 Å². The highest BCUT2D eigenvalue weighted by Gasteiger charge is 2.23. The number of imidazole rings is 1. The number of aryl methyl sites for hydroxylation is 1. The maximum atomic E-state index is 11.9. The number of amides is 3. The van der Waals surface area contributed by atoms with Gasteiger partial charge >= 0.3 is 12.1 Å². The van der Waals surface area contributed by atoms with Gasteiger partial charge in [0.2, 0.25) is 0 Å². The van der Waals surface area contributed by atoms with Gasteiger partial charge in [0.25, 0.3) is 0 Å². The number of carbonyl (C=O) groups excluding carboxylic acids is 1. The number of hydrogen-bond donors (Lipinski definition) is 2. The van der Waals surface area contributed by atoms with Crippen LogP contribution in [0.5, 0.6) is 0 Å². The maximum absolute atomic E-state index is 11.9. The minimum absolute atomic E-state index is 0.109. The average molecular weight is 295 g/mol. The molecule has 116 valence electrons. The van der Waals surface area contributed by atoms with Crippen LogP contribution in [-0.2, 0) is 6.54 Å². The van der Waals surface area contributed by atoms with Crippen molar-refractivity contribution in [1.82, 2.24) is 24.7 Å². The Balaban J connectivity index is 1.56. The predicted molar refractivity (Wildman–Crippen MR) is 76.0 cm³/mol. The molecular weight excluding hydrogens is 274 g/mol. The Morgan fingerprint density at radius 2 is 1.86 bits per heavy atom. The molecular formula is C13H21N5O3. The van der Waals surface area contributed by atoms with Crippen LogP contribution in [0.3, 0.4) is 0 Å². The van der Waals surface area contributed by atoms with E-state index >= 15 is 0 Å². The van der Waals surface area contributed by atoms with Gasteiger partial charge in [0.05, 0.1) is 6.33 Å². The van der Waals surface area contributed by atoms with Gasteiger partial charge in [-0.2, -0.15) is 0 Å². The van der Waals surface area contributed by atoms with E-state index in [2.05, 4.69) is 10.3 Å². The highest BCUT2D eigenvalue weighted by Crippen LogP contribution is 2.02. The largest absolute Gasteiger partial charge is 0.465 e. The third kappa shape index (κ3) is 4.66. The summed E-state index contributed by atoms with van der Waals surface area (Å²) in [6, 6.07) is -0.109. The molecule has 2 heterocycles. The van der Waals surface area contributed by atoms with Crippen molar-refractivity contribution in [2.75, 3.05) is 32.7 Å². The molecule has 1 aliphatic rings. The number of nitrogens with one attached hydrogen (secondary N) is 1. The Morgan fingerprint density at radius 3 is 2.48 bits per heavy atom. The van der Waals surface area contributed by atoms with Crippen LogP contribution >= 0.6 is 0 Å². The Kier molecular flexibility index (Phi) is 5.42. The fourth-order valence-electron chi connectivity index (χ4n) is 2.25. The normalized spacial score (nSPS) is 15.0. The molecule has 3 amide bonds. The standard InChI is InChI=1S/C13H21N5O3/c19-12(17-7-9-18(10-8-17)13(20)21)15-3-1-2-5-16-6-4-14-11-16/h4,6,11H,1-3,5,7-10H2,(H,15,19)(H,20,21). The van der Waals surface area contributed by atoms with Crippen molar-refractivity contribution >= 4 is 12.1 Å². The summed E-state index contributed by atoms with van der Waals surface area (Å²) in [7, 11) is 0. The first kappa shape index (κ1) is 15.1. The van der Waals surface area contributed by atoms with E-state index < -0.39 is 6.09 Å². The highest BCUT2D eigenvalue weighted by atomic mass is 16.4. The van der Waals surface area contributed by atoms with E-state index in [1.165, 1.54) is 4.90 Å². The van der Waals surface area contributed by atoms with Crippen LogP contribution in [0.25, 0.3) is 0 Å². The summed E-state index contributed by atoms with van der Waals surface area (Å²) in [5, 5.41) is 11.7. The summed E-state index contributed by atoms with van der Waals surface area (Å²) in [5.41, 5.74) is 0. The molecule has 0 bridgehead atoms. The minimum atomic E-state index is -0.922. The molecule has 0 saturated carbocycles. The number of hydrogen-bond acceptors (Lipinski definition) is 3. The van der Waals surface area contributed by atoms with Gasteiger partial charge in [0.1, 0.15) is 0 Å². The van der Waals surface area contributed by atoms with E-state index in [1.807, 2.05) is 10.8 Å². The number of carboxylic acid groups (broad SMARTS) is 1. The molecule has 1 aromatic rings. The fraction of sp³-hybridized carbons (Fsp3) is 0.615. The monoisotopic (exact) mass is 295 g/mol. The number of aromatic nitrogens is 2. The van der Waals surface area contributed by atoms with Gasteiger partial charge < -0.3 is 24.8 Å². The summed E-state index contributed by atoms with van der Waals surface area (Å²) in [6.07, 6.45) is 6.40. The zero-order valence-electron chi connectivity index (χ0n) is 11.9. The zero-order valence-corrected chi connectivity index (χ0v) is 11.9. The molecule has 0 radical (unpaired) electrons. The van der Waals surface area contributed by atoms with Crippen LogP contribution in [0.2, 0.25) is 0 Å². The number of rotatable bonds is 5. The van der Waals surface area contributed by atoms with Crippen molar-refractivity contribution in [2.24, 2.45) is 0 Å². The van der Waals surface area contributed by atoms with Crippen molar-refractivity contribution in [1.29, 1.82) is 0 Å². The number of urea groups is 1. The second-order valence-corrected chi connectivity index (χ2v) is 5.00. The minimum Gasteiger partial charge on any atom is -0.465 e. The van der Waals surface area contributed by atoms with Crippen LogP contribution in [0.15, 0.2) is 18.7 Å². The third-order valence-electron chi connectivity index (χ3n) is 3.52. The first-order chi connectivity index (χ1) is 10.2. The smallest absolute Gasteiger partial charge is 0.407 e. The van der Waals surface area contributed by atoms with Crippen LogP contribution in [0, 0.1) is 0 Å². The Labute approximate surface area is 123 Å². The van der Waals surface area contributed by atoms with Gasteiger partial charge in [-0.3, -0.25) is 0 Å². The third-order valence-corrected chi connectivity index (χ3v) is 3.52. The van der Waals surface area contributed by atoms with Gasteiger partial charge in [-0.25, -0.2) is 14.6 Å². The lowest BCUT2D eigenvalue weighted by molar-refractivity contribution is 0.112. The topological polar surface area (TPSA) is 90.7 Å². The van der Waals surface area contributed by atoms with Crippen molar-refractivity contribution in [3.05, 3.63) is 18.7 Å². The second-order valence-electron chi connectivity index (χ2n) is 5.00. The molecule has 21 heavy (non-hydrogen) atoms. The molecule has 0 atom stereocenters. The molecule has 0 aromatic carbocycles. The van der Waals surface area contributed by atoms with Crippen LogP contribution < -0.4 is 5.32 Å². The fourth-order valence-corrected chi connectivity index (χ4v) is 2.25. The number of piperazine rings is 1. The number of unbranched alkanes of at least 4 members (excludes halogenated alkanes) is 1. The Hall–Kier alpha value is -2.25. The summed E-state index contributed by atoms with van der Waals surface area (Å²) < 4.78 is 2.01. The van der Waals surface area contributed by atoms with E-state index in [4.69, 9.17) is 5.11 Å². The van der Waals surface area contributed by atoms with E-state index in [1.54, 1.807) is 17.4 Å². The van der Waals surface area contributed by atoms with E-state index in [0.29, 0.717) is 32.7 Å². The molecule has 1 saturated heterocycles. The van der Waals surface area contributed by atoms with Gasteiger partial charge in [-0.1, -0.05) is 0 Å². The van der Waals surface area contributed by atoms with Crippen LogP contribution in [-0.4, -0.2) is 69.3 Å². The molecule has 1 aromatic heterocycles. The quantitative estimate of drug-likeness (QED) is 0.781. The van der Waals surface area contributed by atoms with Crippen molar-refractivity contribution < 1.29 is 14.7 Å². The Bertz CT molecular complexity index is 454. The SMILES string of the molecule is O=C(O)N1CCN(C(=O)NCCCCn2ccnc2)CC1. The van der Waals surface area contributed by atoms with Gasteiger partial charge in [0.15, 0.2) is 0 Å². The van der Waals surface area contributed by atoms with Crippen LogP contribution in [0.1, 0.15) is 12.8 Å². The number of carbonyl (C=O) groups is 2. The van der Waals surface area contributed by atoms with Crippen LogP contribution in [0.4, 0.5) is 9.59 Å². The summed E-state index contributed by atoms with van der Waals surface area (Å²) in [4.78, 5) is 29.6. The molecule has 2 rings (SSSR count). The molecule has 1 fully saturated rings. The second kappa shape index (κ2) is 7.51. The molecule has 1 aliphatic heterocycles. The molecule has 2 N–H and O–H groups in total. The lowest BCUT2D eigenvalue weighted by Gasteiger charge is -2.33. The van der Waals surface area contributed by atoms with E-state index in [0.717, 1.165) is 19.4 Å². The lowest BCUT2D eigenvalue weighted by atomic mass is 10.3. The maximum Gasteiger partial charge on any atom is 0.407 e. The molecule has 0 spiro atoms. The summed E-state index contributed by atoms with van der Waals surface area (Å²) in [5.74, 6) is 0. The van der Waals surface area contributed by atoms with Crippen molar-refractivity contribution in [3.63, 3.8) is 0 Å². The zero-order chi connectivity index (χ0) is 15.1. The molecule has 8 heteroatoms. The Morgan fingerprint density at radius 1 is 1.14 bits per heavy atom. The predicted octanol–water partition coefficient (Wildman–Crippen LogP) is 0.668. The first-order valence-corrected chi connectivity index (χ1v) is 7.13. The highest BCUT2D eigenvalue weighted by molar-refractivity contribution is 5.74. The van der Waals surface area contributed by atoms with E-state index in [-0.39, 0.29) is 6.03 Å².